The number of benzene rings is 1. The highest BCUT2D eigenvalue weighted by molar-refractivity contribution is 5.85. The normalized spacial score (nSPS) is 17.3. The molecule has 1 aromatic carbocycles. The maximum Gasteiger partial charge on any atom is 0.419 e. The average Bonchev–Trinajstić information content (AvgIpc) is 3.03. The number of rotatable bonds is 3. The van der Waals surface area contributed by atoms with E-state index in [9.17, 15) is 17.6 Å². The van der Waals surface area contributed by atoms with Crippen molar-refractivity contribution in [2.75, 3.05) is 26.2 Å². The summed E-state index contributed by atoms with van der Waals surface area (Å²) >= 11 is 0. The molecule has 1 atom stereocenters. The van der Waals surface area contributed by atoms with Gasteiger partial charge in [0, 0.05) is 31.7 Å². The van der Waals surface area contributed by atoms with Crippen molar-refractivity contribution in [3.05, 3.63) is 59.3 Å². The molecule has 0 amide bonds. The Morgan fingerprint density at radius 1 is 1.08 bits per heavy atom. The number of halogens is 5. The van der Waals surface area contributed by atoms with E-state index in [1.807, 2.05) is 4.90 Å². The maximum atomic E-state index is 14.6. The maximum absolute atomic E-state index is 14.6. The zero-order valence-corrected chi connectivity index (χ0v) is 13.5. The lowest BCUT2D eigenvalue weighted by Gasteiger charge is -2.34. The van der Waals surface area contributed by atoms with Gasteiger partial charge in [0.1, 0.15) is 11.6 Å². The highest BCUT2D eigenvalue weighted by Gasteiger charge is 2.37. The van der Waals surface area contributed by atoms with Crippen molar-refractivity contribution in [3.8, 4) is 0 Å². The van der Waals surface area contributed by atoms with E-state index in [1.165, 1.54) is 18.4 Å². The van der Waals surface area contributed by atoms with Gasteiger partial charge in [-0.05, 0) is 18.2 Å². The van der Waals surface area contributed by atoms with Crippen LogP contribution in [0.4, 0.5) is 17.6 Å². The van der Waals surface area contributed by atoms with Crippen LogP contribution in [-0.2, 0) is 6.18 Å². The minimum Gasteiger partial charge on any atom is -0.467 e. The minimum absolute atomic E-state index is 0. The Hall–Kier alpha value is -1.57. The molecule has 0 saturated carbocycles. The molecular formula is C16H17ClF4N2O. The number of hydrogen-bond acceptors (Lipinski definition) is 3. The van der Waals surface area contributed by atoms with Crippen molar-refractivity contribution in [3.63, 3.8) is 0 Å². The predicted molar refractivity (Wildman–Crippen MR) is 83.6 cm³/mol. The SMILES string of the molecule is Cl.Fc1c([C@@H](c2ccco2)N2CCNCC2)cccc1C(F)(F)F. The van der Waals surface area contributed by atoms with Gasteiger partial charge in [-0.25, -0.2) is 4.39 Å². The van der Waals surface area contributed by atoms with Crippen molar-refractivity contribution in [2.24, 2.45) is 0 Å². The standard InChI is InChI=1S/C16H16F4N2O.ClH/c17-14-11(3-1-4-12(14)16(18,19)20)15(13-5-2-10-23-13)22-8-6-21-7-9-22;/h1-5,10,15,21H,6-9H2;1H/t15-;/m0./s1. The largest absolute Gasteiger partial charge is 0.467 e. The topological polar surface area (TPSA) is 28.4 Å². The lowest BCUT2D eigenvalue weighted by Crippen LogP contribution is -2.45. The average molecular weight is 365 g/mol. The van der Waals surface area contributed by atoms with Gasteiger partial charge in [-0.15, -0.1) is 12.4 Å². The van der Waals surface area contributed by atoms with Crippen LogP contribution in [0.15, 0.2) is 41.0 Å². The Morgan fingerprint density at radius 3 is 2.38 bits per heavy atom. The highest BCUT2D eigenvalue weighted by Crippen LogP contribution is 2.37. The molecule has 0 spiro atoms. The molecule has 8 heteroatoms. The Balaban J connectivity index is 0.00000208. The van der Waals surface area contributed by atoms with Crippen LogP contribution in [0.25, 0.3) is 0 Å². The molecule has 1 fully saturated rings. The van der Waals surface area contributed by atoms with Gasteiger partial charge >= 0.3 is 6.18 Å². The van der Waals surface area contributed by atoms with Crippen molar-refractivity contribution in [1.29, 1.82) is 0 Å². The summed E-state index contributed by atoms with van der Waals surface area (Å²) < 4.78 is 58.9. The summed E-state index contributed by atoms with van der Waals surface area (Å²) in [5.74, 6) is -0.801. The van der Waals surface area contributed by atoms with Gasteiger partial charge in [-0.1, -0.05) is 12.1 Å². The van der Waals surface area contributed by atoms with Crippen LogP contribution in [0, 0.1) is 5.82 Å². The third kappa shape index (κ3) is 3.74. The molecule has 132 valence electrons. The summed E-state index contributed by atoms with van der Waals surface area (Å²) in [5, 5.41) is 3.17. The number of nitrogens with one attached hydrogen (secondary N) is 1. The van der Waals surface area contributed by atoms with Gasteiger partial charge in [0.25, 0.3) is 0 Å². The molecule has 1 aliphatic heterocycles. The van der Waals surface area contributed by atoms with E-state index >= 15 is 0 Å². The van der Waals surface area contributed by atoms with Gasteiger partial charge in [-0.2, -0.15) is 13.2 Å². The van der Waals surface area contributed by atoms with Crippen molar-refractivity contribution < 1.29 is 22.0 Å². The lowest BCUT2D eigenvalue weighted by atomic mass is 9.98. The first-order valence-corrected chi connectivity index (χ1v) is 7.32. The number of nitrogens with zero attached hydrogens (tertiary/aromatic N) is 1. The monoisotopic (exact) mass is 364 g/mol. The fourth-order valence-corrected chi connectivity index (χ4v) is 2.90. The fourth-order valence-electron chi connectivity index (χ4n) is 2.90. The molecule has 3 nitrogen and oxygen atoms in total. The van der Waals surface area contributed by atoms with Gasteiger partial charge < -0.3 is 9.73 Å². The van der Waals surface area contributed by atoms with Gasteiger partial charge in [0.2, 0.25) is 0 Å². The molecule has 0 aliphatic carbocycles. The van der Waals surface area contributed by atoms with Crippen LogP contribution in [0.2, 0.25) is 0 Å². The smallest absolute Gasteiger partial charge is 0.419 e. The van der Waals surface area contributed by atoms with Crippen LogP contribution >= 0.6 is 12.4 Å². The molecule has 2 aromatic rings. The first-order chi connectivity index (χ1) is 11.0. The zero-order chi connectivity index (χ0) is 16.4. The van der Waals surface area contributed by atoms with Gasteiger partial charge in [-0.3, -0.25) is 4.90 Å². The molecule has 1 saturated heterocycles. The summed E-state index contributed by atoms with van der Waals surface area (Å²) in [6.07, 6.45) is -3.28. The summed E-state index contributed by atoms with van der Waals surface area (Å²) in [4.78, 5) is 1.92. The molecule has 1 aromatic heterocycles. The molecule has 0 unspecified atom stereocenters. The van der Waals surface area contributed by atoms with E-state index in [2.05, 4.69) is 5.32 Å². The molecule has 3 rings (SSSR count). The summed E-state index contributed by atoms with van der Waals surface area (Å²) in [6.45, 7) is 2.58. The molecule has 24 heavy (non-hydrogen) atoms. The Morgan fingerprint density at radius 2 is 1.79 bits per heavy atom. The van der Waals surface area contributed by atoms with Crippen LogP contribution < -0.4 is 5.32 Å². The molecule has 1 aliphatic rings. The minimum atomic E-state index is -4.72. The number of piperazine rings is 1. The number of alkyl halides is 3. The predicted octanol–water partition coefficient (Wildman–Crippen LogP) is 3.85. The van der Waals surface area contributed by atoms with Gasteiger partial charge in [0.05, 0.1) is 17.9 Å². The van der Waals surface area contributed by atoms with E-state index in [1.54, 1.807) is 12.1 Å². The zero-order valence-electron chi connectivity index (χ0n) is 12.6. The van der Waals surface area contributed by atoms with Gasteiger partial charge in [0.15, 0.2) is 0 Å². The van der Waals surface area contributed by atoms with Crippen LogP contribution in [-0.4, -0.2) is 31.1 Å². The van der Waals surface area contributed by atoms with Crippen LogP contribution in [0.1, 0.15) is 22.9 Å². The first kappa shape index (κ1) is 18.8. The quantitative estimate of drug-likeness (QED) is 0.838. The third-order valence-corrected chi connectivity index (χ3v) is 3.96. The molecule has 1 N–H and O–H groups in total. The van der Waals surface area contributed by atoms with E-state index in [0.717, 1.165) is 6.07 Å². The van der Waals surface area contributed by atoms with E-state index in [4.69, 9.17) is 4.42 Å². The number of furan rings is 1. The Kier molecular flexibility index (Phi) is 5.90. The first-order valence-electron chi connectivity index (χ1n) is 7.32. The molecule has 0 bridgehead atoms. The van der Waals surface area contributed by atoms with Crippen LogP contribution in [0.3, 0.4) is 0 Å². The Bertz CT molecular complexity index is 655. The fraction of sp³-hybridized carbons (Fsp3) is 0.375. The lowest BCUT2D eigenvalue weighted by molar-refractivity contribution is -0.140. The highest BCUT2D eigenvalue weighted by atomic mass is 35.5. The van der Waals surface area contributed by atoms with Crippen molar-refractivity contribution in [1.82, 2.24) is 10.2 Å². The van der Waals surface area contributed by atoms with Crippen molar-refractivity contribution >= 4 is 12.4 Å². The number of hydrogen-bond donors (Lipinski definition) is 1. The molecule has 0 radical (unpaired) electrons. The van der Waals surface area contributed by atoms with E-state index in [-0.39, 0.29) is 18.0 Å². The second-order valence-corrected chi connectivity index (χ2v) is 5.41. The molecular weight excluding hydrogens is 348 g/mol. The Labute approximate surface area is 143 Å². The van der Waals surface area contributed by atoms with E-state index < -0.39 is 23.6 Å². The molecule has 2 heterocycles. The summed E-state index contributed by atoms with van der Waals surface area (Å²) in [6, 6.07) is 6.02. The van der Waals surface area contributed by atoms with Crippen LogP contribution in [0.5, 0.6) is 0 Å². The third-order valence-electron chi connectivity index (χ3n) is 3.96. The van der Waals surface area contributed by atoms with Crippen molar-refractivity contribution in [2.45, 2.75) is 12.2 Å². The second-order valence-electron chi connectivity index (χ2n) is 5.41. The second kappa shape index (κ2) is 7.55. The summed E-state index contributed by atoms with van der Waals surface area (Å²) in [5.41, 5.74) is -1.27. The summed E-state index contributed by atoms with van der Waals surface area (Å²) in [7, 11) is 0. The van der Waals surface area contributed by atoms with E-state index in [0.29, 0.717) is 31.9 Å².